The van der Waals surface area contributed by atoms with Gasteiger partial charge in [0.1, 0.15) is 0 Å². The minimum absolute atomic E-state index is 0.323. The van der Waals surface area contributed by atoms with E-state index in [0.29, 0.717) is 12.0 Å². The third-order valence-corrected chi connectivity index (χ3v) is 3.99. The second-order valence-corrected chi connectivity index (χ2v) is 7.30. The Bertz CT molecular complexity index is 363. The fourth-order valence-electron chi connectivity index (χ4n) is 1.88. The van der Waals surface area contributed by atoms with Crippen molar-refractivity contribution in [2.24, 2.45) is 5.92 Å². The van der Waals surface area contributed by atoms with Gasteiger partial charge in [-0.1, -0.05) is 13.8 Å². The van der Waals surface area contributed by atoms with Gasteiger partial charge >= 0.3 is 0 Å². The average Bonchev–Trinajstić information content (AvgIpc) is 2.75. The van der Waals surface area contributed by atoms with Crippen molar-refractivity contribution in [3.05, 3.63) is 21.9 Å². The van der Waals surface area contributed by atoms with E-state index in [2.05, 4.69) is 57.1 Å². The van der Waals surface area contributed by atoms with Crippen molar-refractivity contribution < 1.29 is 4.74 Å². The lowest BCUT2D eigenvalue weighted by molar-refractivity contribution is 0.0628. The second-order valence-electron chi connectivity index (χ2n) is 6.05. The van der Waals surface area contributed by atoms with E-state index in [0.717, 1.165) is 32.8 Å². The molecule has 20 heavy (non-hydrogen) atoms. The van der Waals surface area contributed by atoms with E-state index in [1.54, 1.807) is 0 Å². The van der Waals surface area contributed by atoms with Gasteiger partial charge in [0, 0.05) is 29.4 Å². The Morgan fingerprint density at radius 2 is 1.90 bits per heavy atom. The van der Waals surface area contributed by atoms with Crippen LogP contribution in [0.5, 0.6) is 0 Å². The van der Waals surface area contributed by atoms with E-state index >= 15 is 0 Å². The number of rotatable bonds is 10. The van der Waals surface area contributed by atoms with Gasteiger partial charge in [0.2, 0.25) is 0 Å². The standard InChI is InChI=1S/C16H30N2OS/c1-13(2)10-17-11-15-6-7-16(20-15)12-18(5)8-9-19-14(3)4/h6-7,13-14,17H,8-12H2,1-5H3. The predicted molar refractivity (Wildman–Crippen MR) is 88.3 cm³/mol. The molecule has 1 heterocycles. The molecule has 0 aliphatic heterocycles. The van der Waals surface area contributed by atoms with Crippen molar-refractivity contribution in [2.75, 3.05) is 26.7 Å². The number of nitrogens with one attached hydrogen (secondary N) is 1. The molecule has 0 saturated heterocycles. The molecule has 0 radical (unpaired) electrons. The van der Waals surface area contributed by atoms with Crippen LogP contribution in [0.15, 0.2) is 12.1 Å². The first-order chi connectivity index (χ1) is 9.47. The monoisotopic (exact) mass is 298 g/mol. The molecule has 1 rings (SSSR count). The number of hydrogen-bond acceptors (Lipinski definition) is 4. The Kier molecular flexibility index (Phi) is 8.38. The fourth-order valence-corrected chi connectivity index (χ4v) is 2.94. The fraction of sp³-hybridized carbons (Fsp3) is 0.750. The summed E-state index contributed by atoms with van der Waals surface area (Å²) in [6, 6.07) is 4.49. The van der Waals surface area contributed by atoms with Gasteiger partial charge in [0.05, 0.1) is 12.7 Å². The summed E-state index contributed by atoms with van der Waals surface area (Å²) in [7, 11) is 2.15. The molecular formula is C16H30N2OS. The highest BCUT2D eigenvalue weighted by Gasteiger charge is 2.05. The van der Waals surface area contributed by atoms with E-state index in [1.165, 1.54) is 9.75 Å². The molecule has 0 aliphatic carbocycles. The summed E-state index contributed by atoms with van der Waals surface area (Å²) in [6.45, 7) is 13.5. The zero-order valence-electron chi connectivity index (χ0n) is 13.6. The molecule has 3 nitrogen and oxygen atoms in total. The molecule has 1 aromatic rings. The summed E-state index contributed by atoms with van der Waals surface area (Å²) in [5.74, 6) is 0.710. The molecule has 0 unspecified atom stereocenters. The highest BCUT2D eigenvalue weighted by atomic mass is 32.1. The second kappa shape index (κ2) is 9.50. The van der Waals surface area contributed by atoms with Crippen molar-refractivity contribution in [3.8, 4) is 0 Å². The molecule has 0 saturated carbocycles. The average molecular weight is 298 g/mol. The van der Waals surface area contributed by atoms with Crippen LogP contribution in [0.25, 0.3) is 0 Å². The van der Waals surface area contributed by atoms with Gasteiger partial charge < -0.3 is 10.1 Å². The lowest BCUT2D eigenvalue weighted by Crippen LogP contribution is -2.23. The highest BCUT2D eigenvalue weighted by molar-refractivity contribution is 7.11. The van der Waals surface area contributed by atoms with Crippen molar-refractivity contribution >= 4 is 11.3 Å². The summed E-state index contributed by atoms with van der Waals surface area (Å²) in [4.78, 5) is 5.17. The molecule has 1 N–H and O–H groups in total. The number of ether oxygens (including phenoxy) is 1. The molecule has 0 fully saturated rings. The van der Waals surface area contributed by atoms with E-state index in [-0.39, 0.29) is 0 Å². The molecule has 4 heteroatoms. The molecule has 0 spiro atoms. The third kappa shape index (κ3) is 8.00. The topological polar surface area (TPSA) is 24.5 Å². The molecule has 0 amide bonds. The maximum atomic E-state index is 5.58. The molecule has 0 bridgehead atoms. The molecule has 0 aromatic carbocycles. The van der Waals surface area contributed by atoms with Crippen LogP contribution in [-0.4, -0.2) is 37.7 Å². The van der Waals surface area contributed by atoms with E-state index in [4.69, 9.17) is 4.74 Å². The van der Waals surface area contributed by atoms with Crippen molar-refractivity contribution in [3.63, 3.8) is 0 Å². The SMILES string of the molecule is CC(C)CNCc1ccc(CN(C)CCOC(C)C)s1. The van der Waals surface area contributed by atoms with Gasteiger partial charge in [-0.25, -0.2) is 0 Å². The Labute approximate surface area is 128 Å². The predicted octanol–water partition coefficient (Wildman–Crippen LogP) is 3.35. The lowest BCUT2D eigenvalue weighted by atomic mass is 10.2. The van der Waals surface area contributed by atoms with Gasteiger partial charge in [-0.05, 0) is 45.5 Å². The van der Waals surface area contributed by atoms with Crippen LogP contribution in [0, 0.1) is 5.92 Å². The molecule has 0 atom stereocenters. The van der Waals surface area contributed by atoms with Gasteiger partial charge in [0.15, 0.2) is 0 Å². The quantitative estimate of drug-likeness (QED) is 0.717. The van der Waals surface area contributed by atoms with Crippen molar-refractivity contribution in [1.82, 2.24) is 10.2 Å². The first kappa shape index (κ1) is 17.6. The Hall–Kier alpha value is -0.420. The van der Waals surface area contributed by atoms with Gasteiger partial charge in [-0.3, -0.25) is 4.90 Å². The van der Waals surface area contributed by atoms with Crippen LogP contribution in [0.3, 0.4) is 0 Å². The van der Waals surface area contributed by atoms with E-state index in [1.807, 2.05) is 11.3 Å². The summed E-state index contributed by atoms with van der Waals surface area (Å²) < 4.78 is 5.58. The van der Waals surface area contributed by atoms with Crippen LogP contribution < -0.4 is 5.32 Å². The molecular weight excluding hydrogens is 268 g/mol. The molecule has 0 aliphatic rings. The maximum Gasteiger partial charge on any atom is 0.0596 e. The number of likely N-dealkylation sites (N-methyl/N-ethyl adjacent to an activating group) is 1. The van der Waals surface area contributed by atoms with Gasteiger partial charge in [-0.2, -0.15) is 0 Å². The maximum absolute atomic E-state index is 5.58. The van der Waals surface area contributed by atoms with Gasteiger partial charge in [0.25, 0.3) is 0 Å². The smallest absolute Gasteiger partial charge is 0.0596 e. The number of nitrogens with zero attached hydrogens (tertiary/aromatic N) is 1. The Morgan fingerprint density at radius 3 is 2.55 bits per heavy atom. The highest BCUT2D eigenvalue weighted by Crippen LogP contribution is 2.17. The largest absolute Gasteiger partial charge is 0.377 e. The zero-order chi connectivity index (χ0) is 15.0. The van der Waals surface area contributed by atoms with Crippen molar-refractivity contribution in [2.45, 2.75) is 46.9 Å². The Balaban J connectivity index is 2.25. The van der Waals surface area contributed by atoms with E-state index < -0.39 is 0 Å². The van der Waals surface area contributed by atoms with Crippen LogP contribution in [0.4, 0.5) is 0 Å². The van der Waals surface area contributed by atoms with Crippen molar-refractivity contribution in [1.29, 1.82) is 0 Å². The molecule has 1 aromatic heterocycles. The van der Waals surface area contributed by atoms with E-state index in [9.17, 15) is 0 Å². The zero-order valence-corrected chi connectivity index (χ0v) is 14.4. The minimum Gasteiger partial charge on any atom is -0.377 e. The first-order valence-corrected chi connectivity index (χ1v) is 8.37. The number of hydrogen-bond donors (Lipinski definition) is 1. The Morgan fingerprint density at radius 1 is 1.20 bits per heavy atom. The van der Waals surface area contributed by atoms with Gasteiger partial charge in [-0.15, -0.1) is 11.3 Å². The van der Waals surface area contributed by atoms with Crippen LogP contribution in [-0.2, 0) is 17.8 Å². The van der Waals surface area contributed by atoms with Crippen LogP contribution in [0.2, 0.25) is 0 Å². The normalized spacial score (nSPS) is 12.0. The summed E-state index contributed by atoms with van der Waals surface area (Å²) in [5, 5.41) is 3.49. The summed E-state index contributed by atoms with van der Waals surface area (Å²) in [5.41, 5.74) is 0. The lowest BCUT2D eigenvalue weighted by Gasteiger charge is -2.16. The molecule has 116 valence electrons. The van der Waals surface area contributed by atoms with Crippen LogP contribution in [0.1, 0.15) is 37.4 Å². The number of thiophene rings is 1. The summed E-state index contributed by atoms with van der Waals surface area (Å²) in [6.07, 6.45) is 0.323. The minimum atomic E-state index is 0.323. The first-order valence-electron chi connectivity index (χ1n) is 7.55. The summed E-state index contributed by atoms with van der Waals surface area (Å²) >= 11 is 1.91. The third-order valence-electron chi connectivity index (χ3n) is 2.92. The van der Waals surface area contributed by atoms with Crippen LogP contribution >= 0.6 is 11.3 Å².